The van der Waals surface area contributed by atoms with Crippen molar-refractivity contribution in [1.82, 2.24) is 10.2 Å². The van der Waals surface area contributed by atoms with E-state index in [4.69, 9.17) is 0 Å². The minimum absolute atomic E-state index is 0.753. The van der Waals surface area contributed by atoms with Gasteiger partial charge in [0.15, 0.2) is 0 Å². The Labute approximate surface area is 108 Å². The lowest BCUT2D eigenvalue weighted by atomic mass is 9.76. The molecule has 3 unspecified atom stereocenters. The van der Waals surface area contributed by atoms with Gasteiger partial charge in [0.1, 0.15) is 0 Å². The van der Waals surface area contributed by atoms with Crippen LogP contribution in [0, 0.1) is 11.8 Å². The van der Waals surface area contributed by atoms with E-state index in [0.29, 0.717) is 0 Å². The normalized spacial score (nSPS) is 29.8. The Hall–Kier alpha value is -0.0800. The molecule has 1 aliphatic rings. The van der Waals surface area contributed by atoms with E-state index < -0.39 is 0 Å². The standard InChI is InChI=1S/C15H32N2/c1-5-8-13-9-10-15(16-4)14(11-13)12-17(6-2)7-3/h13-16H,5-12H2,1-4H3. The van der Waals surface area contributed by atoms with Crippen molar-refractivity contribution < 1.29 is 0 Å². The molecule has 0 amide bonds. The molecule has 17 heavy (non-hydrogen) atoms. The van der Waals surface area contributed by atoms with Crippen LogP contribution in [0.15, 0.2) is 0 Å². The van der Waals surface area contributed by atoms with Crippen LogP contribution in [-0.4, -0.2) is 37.6 Å². The second-order valence-corrected chi connectivity index (χ2v) is 5.61. The first-order valence-electron chi connectivity index (χ1n) is 7.64. The van der Waals surface area contributed by atoms with E-state index in [2.05, 4.69) is 38.0 Å². The molecule has 2 nitrogen and oxygen atoms in total. The molecule has 0 radical (unpaired) electrons. The number of nitrogens with zero attached hydrogens (tertiary/aromatic N) is 1. The monoisotopic (exact) mass is 240 g/mol. The van der Waals surface area contributed by atoms with Crippen molar-refractivity contribution in [3.8, 4) is 0 Å². The van der Waals surface area contributed by atoms with Gasteiger partial charge in [-0.3, -0.25) is 0 Å². The SMILES string of the molecule is CCCC1CCC(NC)C(CN(CC)CC)C1. The first-order chi connectivity index (χ1) is 8.24. The van der Waals surface area contributed by atoms with E-state index >= 15 is 0 Å². The summed E-state index contributed by atoms with van der Waals surface area (Å²) in [7, 11) is 2.14. The molecule has 0 heterocycles. The molecule has 3 atom stereocenters. The Balaban J connectivity index is 2.50. The van der Waals surface area contributed by atoms with E-state index in [0.717, 1.165) is 17.9 Å². The first-order valence-corrected chi connectivity index (χ1v) is 7.64. The average molecular weight is 240 g/mol. The van der Waals surface area contributed by atoms with Gasteiger partial charge in [-0.1, -0.05) is 33.6 Å². The van der Waals surface area contributed by atoms with Crippen LogP contribution in [0.4, 0.5) is 0 Å². The van der Waals surface area contributed by atoms with E-state index in [9.17, 15) is 0 Å². The van der Waals surface area contributed by atoms with Crippen molar-refractivity contribution in [1.29, 1.82) is 0 Å². The summed E-state index contributed by atoms with van der Waals surface area (Å²) in [6.45, 7) is 10.6. The third kappa shape index (κ3) is 4.59. The van der Waals surface area contributed by atoms with Gasteiger partial charge in [-0.05, 0) is 51.2 Å². The fourth-order valence-corrected chi connectivity index (χ4v) is 3.43. The summed E-state index contributed by atoms with van der Waals surface area (Å²) in [5.74, 6) is 1.86. The van der Waals surface area contributed by atoms with Crippen molar-refractivity contribution in [2.45, 2.75) is 58.9 Å². The fraction of sp³-hybridized carbons (Fsp3) is 1.00. The molecular formula is C15H32N2. The van der Waals surface area contributed by atoms with E-state index in [1.807, 2.05) is 0 Å². The van der Waals surface area contributed by atoms with Gasteiger partial charge in [0.25, 0.3) is 0 Å². The number of nitrogens with one attached hydrogen (secondary N) is 1. The Morgan fingerprint density at radius 2 is 1.82 bits per heavy atom. The minimum atomic E-state index is 0.753. The lowest BCUT2D eigenvalue weighted by molar-refractivity contribution is 0.146. The summed E-state index contributed by atoms with van der Waals surface area (Å²) in [5.41, 5.74) is 0. The van der Waals surface area contributed by atoms with E-state index in [1.54, 1.807) is 0 Å². The highest BCUT2D eigenvalue weighted by Crippen LogP contribution is 2.32. The summed E-state index contributed by atoms with van der Waals surface area (Å²) in [4.78, 5) is 2.59. The molecule has 1 saturated carbocycles. The highest BCUT2D eigenvalue weighted by atomic mass is 15.1. The van der Waals surface area contributed by atoms with Crippen molar-refractivity contribution in [3.63, 3.8) is 0 Å². The van der Waals surface area contributed by atoms with E-state index in [1.165, 1.54) is 51.7 Å². The zero-order chi connectivity index (χ0) is 12.7. The van der Waals surface area contributed by atoms with Crippen LogP contribution >= 0.6 is 0 Å². The second kappa shape index (κ2) is 8.10. The van der Waals surface area contributed by atoms with Crippen molar-refractivity contribution >= 4 is 0 Å². The van der Waals surface area contributed by atoms with Crippen molar-refractivity contribution in [3.05, 3.63) is 0 Å². The highest BCUT2D eigenvalue weighted by molar-refractivity contribution is 4.85. The van der Waals surface area contributed by atoms with Gasteiger partial charge in [-0.15, -0.1) is 0 Å². The van der Waals surface area contributed by atoms with E-state index in [-0.39, 0.29) is 0 Å². The number of hydrogen-bond acceptors (Lipinski definition) is 2. The van der Waals surface area contributed by atoms with Crippen LogP contribution in [0.5, 0.6) is 0 Å². The Bertz CT molecular complexity index is 189. The molecule has 1 aliphatic carbocycles. The van der Waals surface area contributed by atoms with Crippen LogP contribution in [0.2, 0.25) is 0 Å². The van der Waals surface area contributed by atoms with Crippen molar-refractivity contribution in [2.24, 2.45) is 11.8 Å². The summed E-state index contributed by atoms with van der Waals surface area (Å²) in [5, 5.41) is 3.54. The summed E-state index contributed by atoms with van der Waals surface area (Å²) in [6, 6.07) is 0.753. The Morgan fingerprint density at radius 1 is 1.12 bits per heavy atom. The third-order valence-electron chi connectivity index (χ3n) is 4.55. The Kier molecular flexibility index (Phi) is 7.14. The maximum absolute atomic E-state index is 3.54. The molecule has 0 aromatic heterocycles. The molecule has 0 aromatic carbocycles. The lowest BCUT2D eigenvalue weighted by Gasteiger charge is -2.38. The number of hydrogen-bond donors (Lipinski definition) is 1. The topological polar surface area (TPSA) is 15.3 Å². The second-order valence-electron chi connectivity index (χ2n) is 5.61. The molecule has 1 rings (SSSR count). The highest BCUT2D eigenvalue weighted by Gasteiger charge is 2.29. The van der Waals surface area contributed by atoms with Crippen LogP contribution in [-0.2, 0) is 0 Å². The maximum Gasteiger partial charge on any atom is 0.0105 e. The molecule has 0 saturated heterocycles. The minimum Gasteiger partial charge on any atom is -0.317 e. The Morgan fingerprint density at radius 3 is 2.35 bits per heavy atom. The molecule has 0 aliphatic heterocycles. The molecule has 1 fully saturated rings. The molecule has 102 valence electrons. The summed E-state index contributed by atoms with van der Waals surface area (Å²) in [6.07, 6.45) is 7.05. The third-order valence-corrected chi connectivity index (χ3v) is 4.55. The smallest absolute Gasteiger partial charge is 0.0105 e. The van der Waals surface area contributed by atoms with Gasteiger partial charge in [0.05, 0.1) is 0 Å². The van der Waals surface area contributed by atoms with Gasteiger partial charge in [0, 0.05) is 12.6 Å². The van der Waals surface area contributed by atoms with Gasteiger partial charge >= 0.3 is 0 Å². The quantitative estimate of drug-likeness (QED) is 0.735. The number of rotatable bonds is 7. The van der Waals surface area contributed by atoms with Gasteiger partial charge < -0.3 is 10.2 Å². The van der Waals surface area contributed by atoms with Gasteiger partial charge in [-0.25, -0.2) is 0 Å². The average Bonchev–Trinajstić information content (AvgIpc) is 2.36. The summed E-state index contributed by atoms with van der Waals surface area (Å²) < 4.78 is 0. The zero-order valence-corrected chi connectivity index (χ0v) is 12.3. The molecule has 0 spiro atoms. The van der Waals surface area contributed by atoms with Gasteiger partial charge in [-0.2, -0.15) is 0 Å². The largest absolute Gasteiger partial charge is 0.317 e. The summed E-state index contributed by atoms with van der Waals surface area (Å²) >= 11 is 0. The van der Waals surface area contributed by atoms with Crippen LogP contribution in [0.1, 0.15) is 52.9 Å². The lowest BCUT2D eigenvalue weighted by Crippen LogP contribution is -2.44. The predicted octanol–water partition coefficient (Wildman–Crippen LogP) is 3.13. The zero-order valence-electron chi connectivity index (χ0n) is 12.3. The molecule has 1 N–H and O–H groups in total. The predicted molar refractivity (Wildman–Crippen MR) is 76.4 cm³/mol. The van der Waals surface area contributed by atoms with Crippen LogP contribution in [0.3, 0.4) is 0 Å². The fourth-order valence-electron chi connectivity index (χ4n) is 3.43. The molecule has 2 heteroatoms. The van der Waals surface area contributed by atoms with Gasteiger partial charge in [0.2, 0.25) is 0 Å². The molecular weight excluding hydrogens is 208 g/mol. The first kappa shape index (κ1) is 15.0. The molecule has 0 aromatic rings. The van der Waals surface area contributed by atoms with Crippen LogP contribution in [0.25, 0.3) is 0 Å². The molecule has 0 bridgehead atoms. The van der Waals surface area contributed by atoms with Crippen molar-refractivity contribution in [2.75, 3.05) is 26.7 Å². The van der Waals surface area contributed by atoms with Crippen LogP contribution < -0.4 is 5.32 Å². The maximum atomic E-state index is 3.54.